The summed E-state index contributed by atoms with van der Waals surface area (Å²) in [5.41, 5.74) is 4.02. The second-order valence-electron chi connectivity index (χ2n) is 13.7. The van der Waals surface area contributed by atoms with E-state index in [0.29, 0.717) is 21.6 Å². The van der Waals surface area contributed by atoms with Gasteiger partial charge in [0, 0.05) is 24.6 Å². The minimum Gasteiger partial charge on any atom is -0.481 e. The first-order valence-electron chi connectivity index (χ1n) is 17.6. The molecule has 3 fully saturated rings. The van der Waals surface area contributed by atoms with E-state index in [-0.39, 0.29) is 29.2 Å². The number of carbonyl (C=O) groups is 1. The number of anilines is 1. The van der Waals surface area contributed by atoms with Gasteiger partial charge in [0.1, 0.15) is 16.7 Å². The fourth-order valence-corrected chi connectivity index (χ4v) is 9.44. The number of thiophene rings is 1. The molecule has 258 valence electrons. The molecule has 3 aliphatic carbocycles. The number of carboxylic acid groups (broad SMARTS) is 1. The zero-order valence-corrected chi connectivity index (χ0v) is 29.0. The van der Waals surface area contributed by atoms with Crippen LogP contribution in [0.1, 0.15) is 42.4 Å². The molecule has 52 heavy (non-hydrogen) atoms. The lowest BCUT2D eigenvalue weighted by molar-refractivity contribution is -0.148. The van der Waals surface area contributed by atoms with Crippen LogP contribution in [0.25, 0.3) is 33.1 Å². The van der Waals surface area contributed by atoms with Crippen LogP contribution in [0.3, 0.4) is 0 Å². The van der Waals surface area contributed by atoms with E-state index >= 15 is 4.39 Å². The summed E-state index contributed by atoms with van der Waals surface area (Å²) in [7, 11) is 0. The first kappa shape index (κ1) is 32.2. The van der Waals surface area contributed by atoms with Crippen molar-refractivity contribution in [3.63, 3.8) is 0 Å². The van der Waals surface area contributed by atoms with E-state index in [1.54, 1.807) is 12.4 Å². The number of hydrogen-bond acceptors (Lipinski definition) is 7. The molecule has 3 aliphatic rings. The van der Waals surface area contributed by atoms with Crippen molar-refractivity contribution in [2.45, 2.75) is 37.3 Å². The van der Waals surface area contributed by atoms with E-state index in [1.165, 1.54) is 11.3 Å². The highest BCUT2D eigenvalue weighted by molar-refractivity contribution is 7.13. The molecule has 8 nitrogen and oxygen atoms in total. The molecular formula is C42H35FN6O2S. The van der Waals surface area contributed by atoms with Gasteiger partial charge in [-0.15, -0.1) is 11.3 Å². The largest absolute Gasteiger partial charge is 0.481 e. The minimum absolute atomic E-state index is 0.00225. The molecule has 2 atom stereocenters. The molecule has 3 aromatic carbocycles. The highest BCUT2D eigenvalue weighted by Crippen LogP contribution is 2.48. The molecule has 10 heteroatoms. The molecular weight excluding hydrogens is 672 g/mol. The van der Waals surface area contributed by atoms with Crippen LogP contribution < -0.4 is 5.32 Å². The van der Waals surface area contributed by atoms with E-state index in [4.69, 9.17) is 19.9 Å². The Morgan fingerprint density at radius 1 is 0.788 bits per heavy atom. The Bertz CT molecular complexity index is 2260. The van der Waals surface area contributed by atoms with Crippen molar-refractivity contribution < 1.29 is 14.3 Å². The highest BCUT2D eigenvalue weighted by atomic mass is 32.1. The van der Waals surface area contributed by atoms with Crippen LogP contribution in [0.5, 0.6) is 0 Å². The highest BCUT2D eigenvalue weighted by Gasteiger charge is 2.48. The minimum atomic E-state index is -0.899. The van der Waals surface area contributed by atoms with Crippen molar-refractivity contribution in [1.29, 1.82) is 0 Å². The number of nitrogens with zero attached hydrogens (tertiary/aromatic N) is 5. The fraction of sp³-hybridized carbons (Fsp3) is 0.214. The number of rotatable bonds is 9. The van der Waals surface area contributed by atoms with Crippen molar-refractivity contribution >= 4 is 34.3 Å². The lowest BCUT2D eigenvalue weighted by Gasteiger charge is -2.47. The Morgan fingerprint density at radius 3 is 1.96 bits per heavy atom. The maximum Gasteiger partial charge on any atom is 0.308 e. The van der Waals surface area contributed by atoms with Gasteiger partial charge in [0.25, 0.3) is 0 Å². The van der Waals surface area contributed by atoms with Gasteiger partial charge in [-0.05, 0) is 65.7 Å². The van der Waals surface area contributed by atoms with Gasteiger partial charge in [0.2, 0.25) is 0 Å². The normalized spacial score (nSPS) is 19.9. The molecule has 0 amide bonds. The Kier molecular flexibility index (Phi) is 8.11. The van der Waals surface area contributed by atoms with Crippen LogP contribution in [-0.2, 0) is 10.3 Å². The standard InChI is InChI=1S/C42H35FN6O2S/c43-34-37(32-17-10-24-52-32)47-38(48-39(34)46-35-27-20-18-26(19-21-27)33(35)41(50)51)31-25-49(40-36(31)44-22-23-45-40)42(28-11-4-1-5-12-28,29-13-6-2-7-14-29)30-15-8-3-9-16-30/h1-17,22-27,33,35H,18-21H2,(H,50,51)(H,46,47,48). The van der Waals surface area contributed by atoms with Crippen LogP contribution in [-0.4, -0.2) is 41.6 Å². The third-order valence-corrected chi connectivity index (χ3v) is 11.9. The van der Waals surface area contributed by atoms with Crippen LogP contribution in [0.2, 0.25) is 0 Å². The van der Waals surface area contributed by atoms with Crippen LogP contribution >= 0.6 is 11.3 Å². The van der Waals surface area contributed by atoms with Gasteiger partial charge >= 0.3 is 5.97 Å². The Hall–Kier alpha value is -5.74. The molecule has 0 radical (unpaired) electrons. The molecule has 0 aliphatic heterocycles. The number of nitrogens with one attached hydrogen (secondary N) is 1. The lowest BCUT2D eigenvalue weighted by atomic mass is 9.61. The molecule has 2 bridgehead atoms. The summed E-state index contributed by atoms with van der Waals surface area (Å²) in [6.07, 6.45) is 8.87. The second-order valence-corrected chi connectivity index (χ2v) is 14.6. The fourth-order valence-electron chi connectivity index (χ4n) is 8.73. The molecule has 2 N–H and O–H groups in total. The summed E-state index contributed by atoms with van der Waals surface area (Å²) >= 11 is 1.39. The van der Waals surface area contributed by atoms with Crippen molar-refractivity contribution in [2.24, 2.45) is 17.8 Å². The zero-order chi connectivity index (χ0) is 35.2. The Labute approximate surface area is 304 Å². The molecule has 2 unspecified atom stereocenters. The SMILES string of the molecule is O=C(O)C1C2CCC(CC2)C1Nc1nc(-c2cn(C(c3ccccc3)(c3ccccc3)c3ccccc3)c3nccnc23)nc(-c2cccs2)c1F. The lowest BCUT2D eigenvalue weighted by Crippen LogP contribution is -2.51. The molecule has 4 aromatic heterocycles. The Morgan fingerprint density at radius 2 is 1.38 bits per heavy atom. The van der Waals surface area contributed by atoms with E-state index in [1.807, 2.05) is 78.3 Å². The van der Waals surface area contributed by atoms with Gasteiger partial charge in [0.15, 0.2) is 23.1 Å². The summed E-state index contributed by atoms with van der Waals surface area (Å²) in [4.78, 5) is 32.8. The van der Waals surface area contributed by atoms with Crippen molar-refractivity contribution in [3.8, 4) is 22.0 Å². The van der Waals surface area contributed by atoms with Crippen molar-refractivity contribution in [3.05, 3.63) is 150 Å². The van der Waals surface area contributed by atoms with Crippen LogP contribution in [0.15, 0.2) is 127 Å². The molecule has 3 saturated carbocycles. The topological polar surface area (TPSA) is 106 Å². The predicted molar refractivity (Wildman–Crippen MR) is 200 cm³/mol. The molecule has 0 spiro atoms. The predicted octanol–water partition coefficient (Wildman–Crippen LogP) is 8.90. The van der Waals surface area contributed by atoms with Crippen LogP contribution in [0.4, 0.5) is 10.2 Å². The number of aromatic nitrogens is 5. The molecule has 7 aromatic rings. The van der Waals surface area contributed by atoms with Gasteiger partial charge in [-0.1, -0.05) is 97.1 Å². The maximum absolute atomic E-state index is 16.7. The van der Waals surface area contributed by atoms with Crippen molar-refractivity contribution in [1.82, 2.24) is 24.5 Å². The molecule has 10 rings (SSSR count). The number of aliphatic carboxylic acids is 1. The number of benzene rings is 3. The second kappa shape index (κ2) is 13.1. The molecule has 0 saturated heterocycles. The van der Waals surface area contributed by atoms with Gasteiger partial charge in [-0.25, -0.2) is 19.3 Å². The zero-order valence-electron chi connectivity index (χ0n) is 28.1. The Balaban J connectivity index is 1.30. The third kappa shape index (κ3) is 5.20. The average Bonchev–Trinajstić information content (AvgIpc) is 3.87. The monoisotopic (exact) mass is 706 g/mol. The number of fused-ring (bicyclic) bond motifs is 4. The first-order valence-corrected chi connectivity index (χ1v) is 18.5. The quantitative estimate of drug-likeness (QED) is 0.145. The van der Waals surface area contributed by atoms with Gasteiger partial charge in [-0.3, -0.25) is 9.78 Å². The average molecular weight is 707 g/mol. The summed E-state index contributed by atoms with van der Waals surface area (Å²) in [6.45, 7) is 0. The number of hydrogen-bond donors (Lipinski definition) is 2. The summed E-state index contributed by atoms with van der Waals surface area (Å²) in [5.74, 6) is -1.63. The smallest absolute Gasteiger partial charge is 0.308 e. The third-order valence-electron chi connectivity index (χ3n) is 11.0. The van der Waals surface area contributed by atoms with E-state index in [2.05, 4.69) is 46.3 Å². The first-order chi connectivity index (χ1) is 25.5. The van der Waals surface area contributed by atoms with E-state index in [9.17, 15) is 9.90 Å². The van der Waals surface area contributed by atoms with Crippen molar-refractivity contribution in [2.75, 3.05) is 5.32 Å². The summed E-state index contributed by atoms with van der Waals surface area (Å²) in [6, 6.07) is 34.1. The van der Waals surface area contributed by atoms with Crippen LogP contribution in [0, 0.1) is 23.6 Å². The van der Waals surface area contributed by atoms with Gasteiger partial charge in [-0.2, -0.15) is 0 Å². The van der Waals surface area contributed by atoms with Gasteiger partial charge < -0.3 is 15.0 Å². The maximum atomic E-state index is 16.7. The van der Waals surface area contributed by atoms with E-state index in [0.717, 1.165) is 42.4 Å². The molecule has 4 heterocycles. The summed E-state index contributed by atoms with van der Waals surface area (Å²) in [5, 5.41) is 15.5. The van der Waals surface area contributed by atoms with E-state index < -0.39 is 29.3 Å². The summed E-state index contributed by atoms with van der Waals surface area (Å²) < 4.78 is 18.8. The number of halogens is 1. The van der Waals surface area contributed by atoms with Gasteiger partial charge in [0.05, 0.1) is 16.4 Å². The number of carboxylic acids is 1.